The molecule has 9 heteroatoms. The maximum Gasteiger partial charge on any atom is 0.211 e. The molecule has 0 spiro atoms. The normalized spacial score (nSPS) is 11.5. The van der Waals surface area contributed by atoms with Gasteiger partial charge in [0.1, 0.15) is 11.6 Å². The van der Waals surface area contributed by atoms with Crippen molar-refractivity contribution in [3.05, 3.63) is 30.4 Å². The molecular formula is C12H18N6O2S. The van der Waals surface area contributed by atoms with Crippen molar-refractivity contribution in [2.45, 2.75) is 13.8 Å². The predicted molar refractivity (Wildman–Crippen MR) is 79.8 cm³/mol. The first kappa shape index (κ1) is 15.4. The highest BCUT2D eigenvalue weighted by molar-refractivity contribution is 7.89. The summed E-state index contributed by atoms with van der Waals surface area (Å²) in [4.78, 5) is 8.55. The summed E-state index contributed by atoms with van der Waals surface area (Å²) in [5.74, 6) is 1.97. The molecule has 0 amide bonds. The number of nitrogens with zero attached hydrogens (tertiary/aromatic N) is 4. The number of sulfonamides is 1. The predicted octanol–water partition coefficient (Wildman–Crippen LogP) is 0.322. The van der Waals surface area contributed by atoms with Crippen LogP contribution in [0.2, 0.25) is 0 Å². The van der Waals surface area contributed by atoms with Gasteiger partial charge in [-0.1, -0.05) is 0 Å². The maximum atomic E-state index is 11.3. The van der Waals surface area contributed by atoms with Gasteiger partial charge in [0, 0.05) is 31.5 Å². The highest BCUT2D eigenvalue weighted by Crippen LogP contribution is 2.09. The van der Waals surface area contributed by atoms with Crippen LogP contribution < -0.4 is 10.0 Å². The van der Waals surface area contributed by atoms with Crippen molar-refractivity contribution in [1.29, 1.82) is 0 Å². The molecule has 0 fully saturated rings. The molecule has 2 aromatic rings. The van der Waals surface area contributed by atoms with Crippen LogP contribution in [0.5, 0.6) is 0 Å². The van der Waals surface area contributed by atoms with Gasteiger partial charge in [-0.3, -0.25) is 0 Å². The number of aromatic nitrogens is 4. The Labute approximate surface area is 123 Å². The first-order chi connectivity index (χ1) is 10.00. The van der Waals surface area contributed by atoms with E-state index >= 15 is 0 Å². The Balaban J connectivity index is 1.98. The van der Waals surface area contributed by atoms with E-state index in [1.807, 2.05) is 6.07 Å². The van der Waals surface area contributed by atoms with Gasteiger partial charge >= 0.3 is 0 Å². The average molecular weight is 310 g/mol. The Bertz CT molecular complexity index is 684. The topological polar surface area (TPSA) is 102 Å². The van der Waals surface area contributed by atoms with Gasteiger partial charge in [0.05, 0.1) is 5.75 Å². The van der Waals surface area contributed by atoms with Crippen LogP contribution >= 0.6 is 0 Å². The Morgan fingerprint density at radius 2 is 2.10 bits per heavy atom. The van der Waals surface area contributed by atoms with Gasteiger partial charge in [-0.15, -0.1) is 0 Å². The summed E-state index contributed by atoms with van der Waals surface area (Å²) in [5, 5.41) is 7.18. The molecule has 0 atom stereocenters. The molecular weight excluding hydrogens is 292 g/mol. The minimum atomic E-state index is -3.16. The van der Waals surface area contributed by atoms with Crippen molar-refractivity contribution in [3.63, 3.8) is 0 Å². The van der Waals surface area contributed by atoms with Gasteiger partial charge in [0.25, 0.3) is 0 Å². The largest absolute Gasteiger partial charge is 0.369 e. The van der Waals surface area contributed by atoms with Crippen LogP contribution in [0.3, 0.4) is 0 Å². The van der Waals surface area contributed by atoms with Crippen LogP contribution in [-0.2, 0) is 10.0 Å². The molecule has 2 aromatic heterocycles. The van der Waals surface area contributed by atoms with Crippen molar-refractivity contribution in [2.75, 3.05) is 24.2 Å². The minimum Gasteiger partial charge on any atom is -0.369 e. The van der Waals surface area contributed by atoms with E-state index < -0.39 is 10.0 Å². The zero-order valence-electron chi connectivity index (χ0n) is 11.9. The molecule has 2 heterocycles. The third-order valence-corrected chi connectivity index (χ3v) is 4.10. The molecule has 0 saturated heterocycles. The summed E-state index contributed by atoms with van der Waals surface area (Å²) in [5.41, 5.74) is 0. The summed E-state index contributed by atoms with van der Waals surface area (Å²) >= 11 is 0. The lowest BCUT2D eigenvalue weighted by molar-refractivity contribution is 0.584. The SMILES string of the molecule is CCS(=O)(=O)NCCNc1cc(-n2cccn2)nc(C)n1. The van der Waals surface area contributed by atoms with E-state index in [4.69, 9.17) is 0 Å². The van der Waals surface area contributed by atoms with Gasteiger partial charge in [-0.25, -0.2) is 27.8 Å². The van der Waals surface area contributed by atoms with Crippen molar-refractivity contribution in [1.82, 2.24) is 24.5 Å². The second-order valence-corrected chi connectivity index (χ2v) is 6.43. The van der Waals surface area contributed by atoms with E-state index in [-0.39, 0.29) is 5.75 Å². The molecule has 2 N–H and O–H groups in total. The first-order valence-electron chi connectivity index (χ1n) is 6.57. The van der Waals surface area contributed by atoms with Crippen molar-refractivity contribution < 1.29 is 8.42 Å². The third kappa shape index (κ3) is 4.50. The maximum absolute atomic E-state index is 11.3. The number of rotatable bonds is 7. The second-order valence-electron chi connectivity index (χ2n) is 4.33. The van der Waals surface area contributed by atoms with Gasteiger partial charge in [0.2, 0.25) is 10.0 Å². The van der Waals surface area contributed by atoms with E-state index in [2.05, 4.69) is 25.1 Å². The third-order valence-electron chi connectivity index (χ3n) is 2.70. The van der Waals surface area contributed by atoms with Gasteiger partial charge < -0.3 is 5.32 Å². The monoisotopic (exact) mass is 310 g/mol. The fourth-order valence-corrected chi connectivity index (χ4v) is 2.28. The van der Waals surface area contributed by atoms with Crippen molar-refractivity contribution in [2.24, 2.45) is 0 Å². The molecule has 21 heavy (non-hydrogen) atoms. The smallest absolute Gasteiger partial charge is 0.211 e. The molecule has 0 unspecified atom stereocenters. The second kappa shape index (κ2) is 6.64. The molecule has 0 saturated carbocycles. The molecule has 0 aliphatic carbocycles. The summed E-state index contributed by atoms with van der Waals surface area (Å²) in [6.45, 7) is 4.13. The molecule has 0 aromatic carbocycles. The quantitative estimate of drug-likeness (QED) is 0.714. The highest BCUT2D eigenvalue weighted by Gasteiger charge is 2.06. The van der Waals surface area contributed by atoms with Crippen molar-refractivity contribution >= 4 is 15.8 Å². The zero-order chi connectivity index (χ0) is 15.3. The number of hydrogen-bond donors (Lipinski definition) is 2. The molecule has 2 rings (SSSR count). The van der Waals surface area contributed by atoms with Crippen LogP contribution in [-0.4, -0.2) is 47.0 Å². The zero-order valence-corrected chi connectivity index (χ0v) is 12.8. The number of hydrogen-bond acceptors (Lipinski definition) is 6. The number of aryl methyl sites for hydroxylation is 1. The molecule has 0 radical (unpaired) electrons. The van der Waals surface area contributed by atoms with Crippen LogP contribution in [0.25, 0.3) is 5.82 Å². The molecule has 8 nitrogen and oxygen atoms in total. The van der Waals surface area contributed by atoms with Crippen LogP contribution in [0.4, 0.5) is 5.82 Å². The van der Waals surface area contributed by atoms with Crippen LogP contribution in [0, 0.1) is 6.92 Å². The summed E-state index contributed by atoms with van der Waals surface area (Å²) in [6, 6.07) is 3.57. The molecule has 0 aliphatic heterocycles. The van der Waals surface area contributed by atoms with Crippen LogP contribution in [0.1, 0.15) is 12.7 Å². The Kier molecular flexibility index (Phi) is 4.86. The van der Waals surface area contributed by atoms with E-state index in [0.29, 0.717) is 30.5 Å². The minimum absolute atomic E-state index is 0.0725. The average Bonchev–Trinajstić information content (AvgIpc) is 2.97. The number of nitrogens with one attached hydrogen (secondary N) is 2. The Morgan fingerprint density at radius 3 is 2.76 bits per heavy atom. The lowest BCUT2D eigenvalue weighted by Gasteiger charge is -2.09. The van der Waals surface area contributed by atoms with Gasteiger partial charge in [0.15, 0.2) is 5.82 Å². The number of anilines is 1. The van der Waals surface area contributed by atoms with E-state index in [1.165, 1.54) is 0 Å². The molecule has 0 bridgehead atoms. The summed E-state index contributed by atoms with van der Waals surface area (Å²) in [7, 11) is -3.16. The summed E-state index contributed by atoms with van der Waals surface area (Å²) in [6.07, 6.45) is 3.46. The lowest BCUT2D eigenvalue weighted by Crippen LogP contribution is -2.30. The van der Waals surface area contributed by atoms with E-state index in [0.717, 1.165) is 0 Å². The standard InChI is InChI=1S/C12H18N6O2S/c1-3-21(19,20)15-7-6-13-11-9-12(17-10(2)16-11)18-8-4-5-14-18/h4-5,8-9,15H,3,6-7H2,1-2H3,(H,13,16,17). The van der Waals surface area contributed by atoms with Gasteiger partial charge in [-0.05, 0) is 19.9 Å². The Hall–Kier alpha value is -2.00. The first-order valence-corrected chi connectivity index (χ1v) is 8.22. The summed E-state index contributed by atoms with van der Waals surface area (Å²) < 4.78 is 26.7. The lowest BCUT2D eigenvalue weighted by atomic mass is 10.4. The Morgan fingerprint density at radius 1 is 1.29 bits per heavy atom. The fraction of sp³-hybridized carbons (Fsp3) is 0.417. The molecule has 0 aliphatic rings. The van der Waals surface area contributed by atoms with Gasteiger partial charge in [-0.2, -0.15) is 5.10 Å². The fourth-order valence-electron chi connectivity index (χ4n) is 1.66. The molecule has 114 valence electrons. The van der Waals surface area contributed by atoms with E-state index in [9.17, 15) is 8.42 Å². The van der Waals surface area contributed by atoms with Crippen LogP contribution in [0.15, 0.2) is 24.5 Å². The highest BCUT2D eigenvalue weighted by atomic mass is 32.2. The van der Waals surface area contributed by atoms with Crippen molar-refractivity contribution in [3.8, 4) is 5.82 Å². The van der Waals surface area contributed by atoms with E-state index in [1.54, 1.807) is 37.0 Å².